The van der Waals surface area contributed by atoms with Gasteiger partial charge < -0.3 is 9.80 Å². The smallest absolute Gasteiger partial charge is 0.245 e. The van der Waals surface area contributed by atoms with Gasteiger partial charge in [-0.3, -0.25) is 9.59 Å². The summed E-state index contributed by atoms with van der Waals surface area (Å²) in [5.41, 5.74) is 3.78. The lowest BCUT2D eigenvalue weighted by molar-refractivity contribution is -0.136. The maximum absolute atomic E-state index is 13.9. The van der Waals surface area contributed by atoms with E-state index in [0.717, 1.165) is 12.0 Å². The van der Waals surface area contributed by atoms with Gasteiger partial charge in [-0.25, -0.2) is 8.42 Å². The van der Waals surface area contributed by atoms with Gasteiger partial charge in [0.2, 0.25) is 21.8 Å². The molecule has 2 aromatic rings. The molecule has 0 saturated carbocycles. The fourth-order valence-corrected chi connectivity index (χ4v) is 8.09. The highest BCUT2D eigenvalue weighted by Gasteiger charge is 2.39. The normalized spacial score (nSPS) is 20.5. The van der Waals surface area contributed by atoms with Gasteiger partial charge in [-0.05, 0) is 54.5 Å². The van der Waals surface area contributed by atoms with E-state index in [1.165, 1.54) is 15.4 Å². The van der Waals surface area contributed by atoms with E-state index in [0.29, 0.717) is 62.0 Å². The SMILES string of the molecule is CCC(=O)N1CCc2cc(Br)cc(S(=O)(=O)N3CCC[C@H](C(=O)N4CC=C(c5ccccc5)CC4)C3)c21. The maximum Gasteiger partial charge on any atom is 0.245 e. The Balaban J connectivity index is 1.35. The number of anilines is 1. The van der Waals surface area contributed by atoms with E-state index in [4.69, 9.17) is 0 Å². The predicted octanol–water partition coefficient (Wildman–Crippen LogP) is 4.46. The zero-order valence-corrected chi connectivity index (χ0v) is 23.4. The minimum absolute atomic E-state index is 0.0190. The van der Waals surface area contributed by atoms with E-state index in [1.807, 2.05) is 29.2 Å². The largest absolute Gasteiger partial charge is 0.338 e. The second-order valence-corrected chi connectivity index (χ2v) is 12.7. The molecule has 1 atom stereocenters. The van der Waals surface area contributed by atoms with Crippen LogP contribution in [0.25, 0.3) is 5.57 Å². The summed E-state index contributed by atoms with van der Waals surface area (Å²) >= 11 is 3.46. The summed E-state index contributed by atoms with van der Waals surface area (Å²) in [6.07, 6.45) is 5.13. The van der Waals surface area contributed by atoms with Gasteiger partial charge in [0.1, 0.15) is 4.90 Å². The molecule has 3 aliphatic heterocycles. The summed E-state index contributed by atoms with van der Waals surface area (Å²) in [6.45, 7) is 3.97. The van der Waals surface area contributed by atoms with Crippen molar-refractivity contribution in [2.75, 3.05) is 37.6 Å². The van der Waals surface area contributed by atoms with E-state index in [9.17, 15) is 18.0 Å². The number of rotatable bonds is 5. The number of halogens is 1. The summed E-state index contributed by atoms with van der Waals surface area (Å²) in [4.78, 5) is 29.6. The molecule has 0 radical (unpaired) electrons. The topological polar surface area (TPSA) is 78.0 Å². The van der Waals surface area contributed by atoms with Crippen LogP contribution in [0.4, 0.5) is 5.69 Å². The minimum atomic E-state index is -3.90. The Bertz CT molecular complexity index is 1340. The number of amides is 2. The second kappa shape index (κ2) is 10.7. The van der Waals surface area contributed by atoms with Crippen LogP contribution in [0.1, 0.15) is 43.7 Å². The number of carbonyl (C=O) groups excluding carboxylic acids is 2. The van der Waals surface area contributed by atoms with Crippen molar-refractivity contribution in [1.29, 1.82) is 0 Å². The summed E-state index contributed by atoms with van der Waals surface area (Å²) < 4.78 is 30.0. The first-order chi connectivity index (χ1) is 17.8. The zero-order valence-electron chi connectivity index (χ0n) is 21.0. The van der Waals surface area contributed by atoms with Crippen LogP contribution in [-0.2, 0) is 26.0 Å². The van der Waals surface area contributed by atoms with Crippen molar-refractivity contribution in [2.24, 2.45) is 5.92 Å². The molecule has 37 heavy (non-hydrogen) atoms. The lowest BCUT2D eigenvalue weighted by Crippen LogP contribution is -2.47. The number of hydrogen-bond donors (Lipinski definition) is 0. The quantitative estimate of drug-likeness (QED) is 0.519. The van der Waals surface area contributed by atoms with Crippen LogP contribution in [0.5, 0.6) is 0 Å². The molecular weight excluding hydrogens is 554 g/mol. The Morgan fingerprint density at radius 3 is 2.54 bits per heavy atom. The average Bonchev–Trinajstić information content (AvgIpc) is 3.36. The third kappa shape index (κ3) is 5.13. The highest BCUT2D eigenvalue weighted by molar-refractivity contribution is 9.10. The van der Waals surface area contributed by atoms with Gasteiger partial charge in [0.25, 0.3) is 0 Å². The molecule has 2 amide bonds. The monoisotopic (exact) mass is 585 g/mol. The molecule has 196 valence electrons. The molecule has 3 aliphatic rings. The van der Waals surface area contributed by atoms with Crippen molar-refractivity contribution >= 4 is 49.0 Å². The average molecular weight is 587 g/mol. The van der Waals surface area contributed by atoms with Crippen LogP contribution in [0, 0.1) is 5.92 Å². The molecule has 3 heterocycles. The molecule has 0 bridgehead atoms. The predicted molar refractivity (Wildman–Crippen MR) is 148 cm³/mol. The molecular formula is C28H32BrN3O4S. The molecule has 5 rings (SSSR count). The molecule has 1 fully saturated rings. The van der Waals surface area contributed by atoms with Crippen LogP contribution in [-0.4, -0.2) is 62.2 Å². The molecule has 9 heteroatoms. The van der Waals surface area contributed by atoms with Crippen molar-refractivity contribution in [3.63, 3.8) is 0 Å². The summed E-state index contributed by atoms with van der Waals surface area (Å²) in [5.74, 6) is -0.438. The first-order valence-corrected chi connectivity index (χ1v) is 15.2. The Kier molecular flexibility index (Phi) is 7.56. The molecule has 0 aromatic heterocycles. The fourth-order valence-electron chi connectivity index (χ4n) is 5.65. The highest BCUT2D eigenvalue weighted by Crippen LogP contribution is 2.40. The van der Waals surface area contributed by atoms with Gasteiger partial charge in [0, 0.05) is 43.6 Å². The Labute approximate surface area is 227 Å². The van der Waals surface area contributed by atoms with Gasteiger partial charge >= 0.3 is 0 Å². The molecule has 2 aromatic carbocycles. The van der Waals surface area contributed by atoms with Gasteiger partial charge in [-0.15, -0.1) is 0 Å². The Morgan fingerprint density at radius 2 is 1.84 bits per heavy atom. The van der Waals surface area contributed by atoms with E-state index < -0.39 is 10.0 Å². The van der Waals surface area contributed by atoms with Gasteiger partial charge in [-0.2, -0.15) is 4.31 Å². The van der Waals surface area contributed by atoms with Crippen molar-refractivity contribution in [2.45, 2.75) is 43.9 Å². The molecule has 0 unspecified atom stereocenters. The van der Waals surface area contributed by atoms with Crippen LogP contribution in [0.2, 0.25) is 0 Å². The fraction of sp³-hybridized carbons (Fsp3) is 0.429. The van der Waals surface area contributed by atoms with Crippen molar-refractivity contribution in [3.05, 3.63) is 64.1 Å². The Morgan fingerprint density at radius 1 is 1.05 bits per heavy atom. The van der Waals surface area contributed by atoms with Crippen LogP contribution in [0.15, 0.2) is 57.9 Å². The summed E-state index contributed by atoms with van der Waals surface area (Å²) in [5, 5.41) is 0. The molecule has 0 N–H and O–H groups in total. The molecule has 7 nitrogen and oxygen atoms in total. The van der Waals surface area contributed by atoms with E-state index in [-0.39, 0.29) is 29.2 Å². The standard InChI is InChI=1S/C28H32BrN3O4S/c1-2-26(33)32-16-12-22-17-24(29)18-25(27(22)32)37(35,36)31-13-6-9-23(19-31)28(34)30-14-10-21(11-15-30)20-7-4-3-5-8-20/h3-5,7-8,10,17-18,23H,2,6,9,11-16,19H2,1H3/t23-/m0/s1. The highest BCUT2D eigenvalue weighted by atomic mass is 79.9. The minimum Gasteiger partial charge on any atom is -0.338 e. The van der Waals surface area contributed by atoms with E-state index in [1.54, 1.807) is 17.9 Å². The number of carbonyl (C=O) groups is 2. The third-order valence-electron chi connectivity index (χ3n) is 7.61. The Hall–Kier alpha value is -2.49. The van der Waals surface area contributed by atoms with Gasteiger partial charge in [-0.1, -0.05) is 59.3 Å². The summed E-state index contributed by atoms with van der Waals surface area (Å²) in [6, 6.07) is 13.7. The van der Waals surface area contributed by atoms with Crippen molar-refractivity contribution in [1.82, 2.24) is 9.21 Å². The van der Waals surface area contributed by atoms with Crippen molar-refractivity contribution in [3.8, 4) is 0 Å². The van der Waals surface area contributed by atoms with E-state index >= 15 is 0 Å². The van der Waals surface area contributed by atoms with Crippen molar-refractivity contribution < 1.29 is 18.0 Å². The van der Waals surface area contributed by atoms with Crippen LogP contribution >= 0.6 is 15.9 Å². The number of fused-ring (bicyclic) bond motifs is 1. The molecule has 1 saturated heterocycles. The summed E-state index contributed by atoms with van der Waals surface area (Å²) in [7, 11) is -3.90. The number of nitrogens with zero attached hydrogens (tertiary/aromatic N) is 3. The van der Waals surface area contributed by atoms with E-state index in [2.05, 4.69) is 34.1 Å². The lowest BCUT2D eigenvalue weighted by Gasteiger charge is -2.36. The lowest BCUT2D eigenvalue weighted by atomic mass is 9.95. The first-order valence-electron chi connectivity index (χ1n) is 13.0. The number of piperidine rings is 1. The maximum atomic E-state index is 13.9. The van der Waals surface area contributed by atoms with Crippen LogP contribution in [0.3, 0.4) is 0 Å². The zero-order chi connectivity index (χ0) is 26.2. The number of sulfonamides is 1. The van der Waals surface area contributed by atoms with Crippen LogP contribution < -0.4 is 4.90 Å². The third-order valence-corrected chi connectivity index (χ3v) is 9.95. The molecule has 0 aliphatic carbocycles. The first kappa shape index (κ1) is 26.1. The van der Waals surface area contributed by atoms with Gasteiger partial charge in [0.05, 0.1) is 11.6 Å². The second-order valence-electron chi connectivity index (χ2n) is 9.89. The number of benzene rings is 2. The molecule has 0 spiro atoms. The van der Waals surface area contributed by atoms with Gasteiger partial charge in [0.15, 0.2) is 0 Å². The number of hydrogen-bond acceptors (Lipinski definition) is 4.